The van der Waals surface area contributed by atoms with Crippen molar-refractivity contribution in [2.24, 2.45) is 0 Å². The Morgan fingerprint density at radius 1 is 1.17 bits per heavy atom. The van der Waals surface area contributed by atoms with Gasteiger partial charge in [0.2, 0.25) is 0 Å². The molecule has 2 aromatic carbocycles. The minimum Gasteiger partial charge on any atom is -0.497 e. The molecule has 24 heavy (non-hydrogen) atoms. The molecule has 3 aromatic rings. The third-order valence-electron chi connectivity index (χ3n) is 3.90. The van der Waals surface area contributed by atoms with Gasteiger partial charge in [0.1, 0.15) is 11.4 Å². The van der Waals surface area contributed by atoms with Crippen LogP contribution in [0.2, 0.25) is 0 Å². The molecule has 0 radical (unpaired) electrons. The fourth-order valence-corrected chi connectivity index (χ4v) is 2.73. The molecule has 5 heteroatoms. The lowest BCUT2D eigenvalue weighted by atomic mass is 10.1. The molecule has 3 rings (SSSR count). The zero-order chi connectivity index (χ0) is 17.1. The van der Waals surface area contributed by atoms with E-state index in [1.165, 1.54) is 7.11 Å². The van der Waals surface area contributed by atoms with Crippen molar-refractivity contribution in [2.75, 3.05) is 14.2 Å². The molecule has 5 nitrogen and oxygen atoms in total. The molecule has 0 saturated heterocycles. The van der Waals surface area contributed by atoms with Gasteiger partial charge in [-0.1, -0.05) is 12.1 Å². The first-order valence-electron chi connectivity index (χ1n) is 7.41. The normalized spacial score (nSPS) is 10.4. The average molecular weight is 320 g/mol. The van der Waals surface area contributed by atoms with Crippen molar-refractivity contribution in [1.82, 2.24) is 4.57 Å². The number of aromatic nitrogens is 1. The molecule has 0 bridgehead atoms. The van der Waals surface area contributed by atoms with Crippen LogP contribution >= 0.6 is 0 Å². The lowest BCUT2D eigenvalue weighted by Crippen LogP contribution is -2.11. The van der Waals surface area contributed by atoms with Crippen molar-refractivity contribution < 1.29 is 14.3 Å². The molecule has 0 unspecified atom stereocenters. The summed E-state index contributed by atoms with van der Waals surface area (Å²) in [4.78, 5) is 12.1. The van der Waals surface area contributed by atoms with Gasteiger partial charge in [0.25, 0.3) is 0 Å². The van der Waals surface area contributed by atoms with E-state index < -0.39 is 5.97 Å². The number of carbonyl (C=O) groups excluding carboxylic acids is 1. The number of nitrogens with zero attached hydrogens (tertiary/aromatic N) is 2. The number of rotatable bonds is 4. The fraction of sp³-hybridized carbons (Fsp3) is 0.158. The summed E-state index contributed by atoms with van der Waals surface area (Å²) in [5.41, 5.74) is 2.85. The Morgan fingerprint density at radius 3 is 2.71 bits per heavy atom. The van der Waals surface area contributed by atoms with E-state index in [1.54, 1.807) is 19.2 Å². The van der Waals surface area contributed by atoms with Gasteiger partial charge in [-0.3, -0.25) is 0 Å². The van der Waals surface area contributed by atoms with Crippen LogP contribution in [0, 0.1) is 11.3 Å². The highest BCUT2D eigenvalue weighted by Gasteiger charge is 2.17. The van der Waals surface area contributed by atoms with Crippen molar-refractivity contribution in [2.45, 2.75) is 6.54 Å². The number of carbonyl (C=O) groups is 1. The van der Waals surface area contributed by atoms with E-state index in [2.05, 4.69) is 6.07 Å². The van der Waals surface area contributed by atoms with Crippen molar-refractivity contribution in [1.29, 1.82) is 5.26 Å². The number of hydrogen-bond acceptors (Lipinski definition) is 4. The van der Waals surface area contributed by atoms with Crippen LogP contribution in [0.5, 0.6) is 5.75 Å². The highest BCUT2D eigenvalue weighted by molar-refractivity contribution is 5.96. The Hall–Kier alpha value is -3.26. The van der Waals surface area contributed by atoms with E-state index in [0.717, 1.165) is 16.5 Å². The van der Waals surface area contributed by atoms with Crippen molar-refractivity contribution in [3.05, 3.63) is 65.4 Å². The highest BCUT2D eigenvalue weighted by atomic mass is 16.5. The van der Waals surface area contributed by atoms with E-state index >= 15 is 0 Å². The lowest BCUT2D eigenvalue weighted by Gasteiger charge is -2.10. The number of nitriles is 1. The van der Waals surface area contributed by atoms with Gasteiger partial charge in [-0.2, -0.15) is 5.26 Å². The second kappa shape index (κ2) is 6.47. The Bertz CT molecular complexity index is 951. The molecule has 0 amide bonds. The summed E-state index contributed by atoms with van der Waals surface area (Å²) in [5, 5.41) is 9.99. The summed E-state index contributed by atoms with van der Waals surface area (Å²) >= 11 is 0. The first kappa shape index (κ1) is 15.6. The first-order valence-corrected chi connectivity index (χ1v) is 7.41. The van der Waals surface area contributed by atoms with Crippen molar-refractivity contribution in [3.63, 3.8) is 0 Å². The standard InChI is InChI=1S/C19H16N2O3/c1-23-16-7-6-15-9-18(19(22)24-2)21(17(15)10-16)12-14-5-3-4-13(8-14)11-20/h3-10H,12H2,1-2H3. The summed E-state index contributed by atoms with van der Waals surface area (Å²) in [7, 11) is 2.97. The van der Waals surface area contributed by atoms with Crippen LogP contribution in [0.4, 0.5) is 0 Å². The maximum atomic E-state index is 12.1. The number of benzene rings is 2. The summed E-state index contributed by atoms with van der Waals surface area (Å²) in [6.45, 7) is 0.455. The third-order valence-corrected chi connectivity index (χ3v) is 3.90. The van der Waals surface area contributed by atoms with Gasteiger partial charge >= 0.3 is 5.97 Å². The predicted octanol–water partition coefficient (Wildman–Crippen LogP) is 3.36. The van der Waals surface area contributed by atoms with Gasteiger partial charge in [0, 0.05) is 18.0 Å². The largest absolute Gasteiger partial charge is 0.497 e. The van der Waals surface area contributed by atoms with Crippen LogP contribution in [-0.2, 0) is 11.3 Å². The van der Waals surface area contributed by atoms with Gasteiger partial charge in [-0.15, -0.1) is 0 Å². The number of methoxy groups -OCH3 is 2. The lowest BCUT2D eigenvalue weighted by molar-refractivity contribution is 0.0589. The van der Waals surface area contributed by atoms with Crippen LogP contribution in [0.15, 0.2) is 48.5 Å². The van der Waals surface area contributed by atoms with Crippen molar-refractivity contribution >= 4 is 16.9 Å². The zero-order valence-electron chi connectivity index (χ0n) is 13.4. The average Bonchev–Trinajstić information content (AvgIpc) is 2.98. The topological polar surface area (TPSA) is 64.2 Å². The van der Waals surface area contributed by atoms with E-state index in [0.29, 0.717) is 23.6 Å². The number of hydrogen-bond donors (Lipinski definition) is 0. The first-order chi connectivity index (χ1) is 11.7. The molecule has 0 saturated carbocycles. The molecule has 0 aliphatic carbocycles. The smallest absolute Gasteiger partial charge is 0.354 e. The van der Waals surface area contributed by atoms with E-state index in [4.69, 9.17) is 14.7 Å². The monoisotopic (exact) mass is 320 g/mol. The second-order valence-corrected chi connectivity index (χ2v) is 5.34. The van der Waals surface area contributed by atoms with Gasteiger partial charge in [0.05, 0.1) is 31.4 Å². The summed E-state index contributed by atoms with van der Waals surface area (Å²) in [5.74, 6) is 0.311. The van der Waals surface area contributed by atoms with Gasteiger partial charge in [-0.05, 0) is 35.9 Å². The van der Waals surface area contributed by atoms with E-state index in [-0.39, 0.29) is 0 Å². The summed E-state index contributed by atoms with van der Waals surface area (Å²) in [6.07, 6.45) is 0. The minimum atomic E-state index is -0.401. The van der Waals surface area contributed by atoms with Crippen LogP contribution in [0.1, 0.15) is 21.6 Å². The quantitative estimate of drug-likeness (QED) is 0.692. The summed E-state index contributed by atoms with van der Waals surface area (Å²) < 4.78 is 12.1. The zero-order valence-corrected chi connectivity index (χ0v) is 13.4. The van der Waals surface area contributed by atoms with Crippen molar-refractivity contribution in [3.8, 4) is 11.8 Å². The molecule has 1 aromatic heterocycles. The molecular weight excluding hydrogens is 304 g/mol. The molecule has 0 spiro atoms. The van der Waals surface area contributed by atoms with Crippen LogP contribution in [0.25, 0.3) is 10.9 Å². The van der Waals surface area contributed by atoms with Gasteiger partial charge in [-0.25, -0.2) is 4.79 Å². The molecule has 0 atom stereocenters. The number of ether oxygens (including phenoxy) is 2. The molecular formula is C19H16N2O3. The molecule has 0 aliphatic heterocycles. The number of esters is 1. The highest BCUT2D eigenvalue weighted by Crippen LogP contribution is 2.26. The molecule has 0 fully saturated rings. The summed E-state index contributed by atoms with van der Waals surface area (Å²) in [6, 6.07) is 16.9. The van der Waals surface area contributed by atoms with E-state index in [1.807, 2.05) is 41.0 Å². The maximum absolute atomic E-state index is 12.1. The maximum Gasteiger partial charge on any atom is 0.354 e. The Balaban J connectivity index is 2.15. The molecule has 0 aliphatic rings. The van der Waals surface area contributed by atoms with Crippen LogP contribution in [-0.4, -0.2) is 24.8 Å². The predicted molar refractivity (Wildman–Crippen MR) is 90.1 cm³/mol. The fourth-order valence-electron chi connectivity index (χ4n) is 2.73. The minimum absolute atomic E-state index is 0.401. The SMILES string of the molecule is COC(=O)c1cc2ccc(OC)cc2n1Cc1cccc(C#N)c1. The Morgan fingerprint density at radius 2 is 2.00 bits per heavy atom. The number of fused-ring (bicyclic) bond motifs is 1. The van der Waals surface area contributed by atoms with E-state index in [9.17, 15) is 4.79 Å². The molecule has 120 valence electrons. The third kappa shape index (κ3) is 2.82. The van der Waals surface area contributed by atoms with Crippen LogP contribution < -0.4 is 4.74 Å². The molecule has 1 heterocycles. The van der Waals surface area contributed by atoms with Crippen LogP contribution in [0.3, 0.4) is 0 Å². The second-order valence-electron chi connectivity index (χ2n) is 5.34. The Labute approximate surface area is 139 Å². The van der Waals surface area contributed by atoms with Gasteiger partial charge in [0.15, 0.2) is 0 Å². The molecule has 0 N–H and O–H groups in total. The van der Waals surface area contributed by atoms with Gasteiger partial charge < -0.3 is 14.0 Å². The Kier molecular flexibility index (Phi) is 4.21.